The summed E-state index contributed by atoms with van der Waals surface area (Å²) in [6.45, 7) is 4.99. The van der Waals surface area contributed by atoms with Gasteiger partial charge in [-0.15, -0.1) is 0 Å². The van der Waals surface area contributed by atoms with Crippen LogP contribution in [0.4, 0.5) is 0 Å². The number of fused-ring (bicyclic) bond motifs is 1. The summed E-state index contributed by atoms with van der Waals surface area (Å²) in [5, 5.41) is 0.553. The fourth-order valence-electron chi connectivity index (χ4n) is 2.97. The Morgan fingerprint density at radius 2 is 1.68 bits per heavy atom. The summed E-state index contributed by atoms with van der Waals surface area (Å²) >= 11 is 1.40. The average Bonchev–Trinajstić information content (AvgIpc) is 2.79. The van der Waals surface area contributed by atoms with Crippen molar-refractivity contribution >= 4 is 23.6 Å². The van der Waals surface area contributed by atoms with Crippen LogP contribution in [0.15, 0.2) is 64.6 Å². The Morgan fingerprint density at radius 3 is 2.48 bits per heavy atom. The number of amides is 2. The van der Waals surface area contributed by atoms with Crippen molar-refractivity contribution in [3.8, 4) is 11.5 Å². The van der Waals surface area contributed by atoms with E-state index in [9.17, 15) is 9.59 Å². The molecule has 0 atom stereocenters. The monoisotopic (exact) mass is 435 g/mol. The van der Waals surface area contributed by atoms with Gasteiger partial charge in [-0.25, -0.2) is 4.98 Å². The van der Waals surface area contributed by atoms with Crippen LogP contribution in [0.25, 0.3) is 0 Å². The number of hydrazine groups is 1. The van der Waals surface area contributed by atoms with Crippen LogP contribution in [0.3, 0.4) is 0 Å². The fourth-order valence-corrected chi connectivity index (χ4v) is 3.95. The number of nitrogens with zero attached hydrogens (tertiary/aromatic N) is 1. The molecule has 2 amide bonds. The highest BCUT2D eigenvalue weighted by Crippen LogP contribution is 2.31. The van der Waals surface area contributed by atoms with E-state index in [-0.39, 0.29) is 0 Å². The maximum atomic E-state index is 12.7. The van der Waals surface area contributed by atoms with Crippen LogP contribution >= 0.6 is 11.8 Å². The maximum Gasteiger partial charge on any atom is 0.272 e. The molecular formula is C23H21N3O4S. The van der Waals surface area contributed by atoms with Crippen LogP contribution in [-0.4, -0.2) is 30.0 Å². The molecule has 0 unspecified atom stereocenters. The Bertz CT molecular complexity index is 1150. The Balaban J connectivity index is 1.44. The molecule has 0 aliphatic carbocycles. The molecule has 3 aromatic rings. The number of nitrogens with one attached hydrogen (secondary N) is 2. The van der Waals surface area contributed by atoms with E-state index in [0.717, 1.165) is 4.90 Å². The van der Waals surface area contributed by atoms with Crippen molar-refractivity contribution in [3.63, 3.8) is 0 Å². The van der Waals surface area contributed by atoms with Crippen LogP contribution in [0.5, 0.6) is 11.5 Å². The van der Waals surface area contributed by atoms with Crippen LogP contribution in [0, 0.1) is 13.8 Å². The third-order valence-electron chi connectivity index (χ3n) is 4.80. The van der Waals surface area contributed by atoms with Gasteiger partial charge in [-0.05, 0) is 67.4 Å². The van der Waals surface area contributed by atoms with E-state index >= 15 is 0 Å². The van der Waals surface area contributed by atoms with Gasteiger partial charge >= 0.3 is 0 Å². The molecule has 7 nitrogen and oxygen atoms in total. The summed E-state index contributed by atoms with van der Waals surface area (Å²) in [5.74, 6) is 0.183. The van der Waals surface area contributed by atoms with Gasteiger partial charge in [0.15, 0.2) is 11.5 Å². The van der Waals surface area contributed by atoms with Crippen LogP contribution in [0.2, 0.25) is 0 Å². The number of benzene rings is 2. The second-order valence-electron chi connectivity index (χ2n) is 6.97. The molecule has 0 fully saturated rings. The molecule has 1 aliphatic rings. The zero-order valence-corrected chi connectivity index (χ0v) is 17.9. The molecule has 158 valence electrons. The first-order valence-electron chi connectivity index (χ1n) is 9.72. The number of rotatable bonds is 4. The number of aryl methyl sites for hydroxylation is 2. The van der Waals surface area contributed by atoms with Crippen LogP contribution < -0.4 is 20.3 Å². The number of ether oxygens (including phenoxy) is 2. The lowest BCUT2D eigenvalue weighted by Crippen LogP contribution is -2.41. The molecule has 2 aromatic carbocycles. The summed E-state index contributed by atoms with van der Waals surface area (Å²) in [4.78, 5) is 30.5. The molecule has 0 saturated heterocycles. The average molecular weight is 436 g/mol. The molecule has 2 heterocycles. The minimum Gasteiger partial charge on any atom is -0.486 e. The Kier molecular flexibility index (Phi) is 6.08. The molecule has 0 spiro atoms. The molecular weight excluding hydrogens is 414 g/mol. The lowest BCUT2D eigenvalue weighted by molar-refractivity contribution is 0.0844. The first-order chi connectivity index (χ1) is 15.0. The Hall–Kier alpha value is -3.52. The van der Waals surface area contributed by atoms with E-state index < -0.39 is 11.8 Å². The van der Waals surface area contributed by atoms with Gasteiger partial charge in [-0.2, -0.15) is 0 Å². The number of aromatic nitrogens is 1. The van der Waals surface area contributed by atoms with Crippen molar-refractivity contribution in [1.29, 1.82) is 0 Å². The second-order valence-corrected chi connectivity index (χ2v) is 8.03. The number of carbonyl (C=O) groups excluding carboxylic acids is 2. The van der Waals surface area contributed by atoms with E-state index in [1.54, 1.807) is 36.5 Å². The van der Waals surface area contributed by atoms with E-state index in [4.69, 9.17) is 9.47 Å². The van der Waals surface area contributed by atoms with Gasteiger partial charge in [0.05, 0.1) is 5.56 Å². The highest BCUT2D eigenvalue weighted by molar-refractivity contribution is 7.99. The predicted octanol–water partition coefficient (Wildman–Crippen LogP) is 3.70. The van der Waals surface area contributed by atoms with Gasteiger partial charge in [0.25, 0.3) is 11.8 Å². The zero-order chi connectivity index (χ0) is 21.8. The summed E-state index contributed by atoms with van der Waals surface area (Å²) < 4.78 is 10.9. The molecule has 0 radical (unpaired) electrons. The van der Waals surface area contributed by atoms with E-state index in [1.807, 2.05) is 26.0 Å². The number of hydrogen-bond acceptors (Lipinski definition) is 6. The van der Waals surface area contributed by atoms with Crippen molar-refractivity contribution in [2.24, 2.45) is 0 Å². The van der Waals surface area contributed by atoms with Gasteiger partial charge in [0.1, 0.15) is 18.2 Å². The summed E-state index contributed by atoms with van der Waals surface area (Å²) in [7, 11) is 0. The first kappa shape index (κ1) is 20.7. The molecule has 1 aromatic heterocycles. The Morgan fingerprint density at radius 1 is 0.903 bits per heavy atom. The molecule has 0 bridgehead atoms. The standard InChI is InChI=1S/C23H21N3O4S/c1-14-5-7-17(12-15(14)2)31-23-18(4-3-9-24-23)22(28)26-25-21(27)16-6-8-19-20(13-16)30-11-10-29-19/h3-9,12-13H,10-11H2,1-2H3,(H,25,27)(H,26,28). The fraction of sp³-hybridized carbons (Fsp3) is 0.174. The normalized spacial score (nSPS) is 12.2. The topological polar surface area (TPSA) is 89.6 Å². The summed E-state index contributed by atoms with van der Waals surface area (Å²) in [6, 6.07) is 14.3. The molecule has 31 heavy (non-hydrogen) atoms. The number of hydrogen-bond donors (Lipinski definition) is 2. The predicted molar refractivity (Wildman–Crippen MR) is 117 cm³/mol. The lowest BCUT2D eigenvalue weighted by atomic mass is 10.1. The summed E-state index contributed by atoms with van der Waals surface area (Å²) in [5.41, 5.74) is 7.98. The molecule has 2 N–H and O–H groups in total. The minimum absolute atomic E-state index is 0.348. The summed E-state index contributed by atoms with van der Waals surface area (Å²) in [6.07, 6.45) is 1.63. The van der Waals surface area contributed by atoms with Crippen LogP contribution in [-0.2, 0) is 0 Å². The van der Waals surface area contributed by atoms with Crippen LogP contribution in [0.1, 0.15) is 31.8 Å². The molecule has 8 heteroatoms. The molecule has 1 aliphatic heterocycles. The van der Waals surface area contributed by atoms with Crippen molar-refractivity contribution in [2.75, 3.05) is 13.2 Å². The quantitative estimate of drug-likeness (QED) is 0.608. The highest BCUT2D eigenvalue weighted by Gasteiger charge is 2.17. The molecule has 4 rings (SSSR count). The number of pyridine rings is 1. The van der Waals surface area contributed by atoms with Gasteiger partial charge in [0, 0.05) is 16.7 Å². The third kappa shape index (κ3) is 4.80. The second kappa shape index (κ2) is 9.09. The molecule has 0 saturated carbocycles. The lowest BCUT2D eigenvalue weighted by Gasteiger charge is -2.18. The maximum absolute atomic E-state index is 12.7. The zero-order valence-electron chi connectivity index (χ0n) is 17.1. The SMILES string of the molecule is Cc1ccc(Sc2ncccc2C(=O)NNC(=O)c2ccc3c(c2)OCCO3)cc1C. The Labute approximate surface area is 184 Å². The van der Waals surface area contributed by atoms with Gasteiger partial charge < -0.3 is 9.47 Å². The minimum atomic E-state index is -0.461. The van der Waals surface area contributed by atoms with Crippen molar-refractivity contribution in [3.05, 3.63) is 77.0 Å². The van der Waals surface area contributed by atoms with Gasteiger partial charge in [0.2, 0.25) is 0 Å². The smallest absolute Gasteiger partial charge is 0.272 e. The highest BCUT2D eigenvalue weighted by atomic mass is 32.2. The van der Waals surface area contributed by atoms with Crippen molar-refractivity contribution in [2.45, 2.75) is 23.8 Å². The third-order valence-corrected chi connectivity index (χ3v) is 5.81. The first-order valence-corrected chi connectivity index (χ1v) is 10.5. The van der Waals surface area contributed by atoms with Gasteiger partial charge in [-0.1, -0.05) is 17.8 Å². The number of carbonyl (C=O) groups is 2. The van der Waals surface area contributed by atoms with E-state index in [2.05, 4.69) is 21.9 Å². The largest absolute Gasteiger partial charge is 0.486 e. The van der Waals surface area contributed by atoms with E-state index in [1.165, 1.54) is 22.9 Å². The van der Waals surface area contributed by atoms with Crippen molar-refractivity contribution < 1.29 is 19.1 Å². The van der Waals surface area contributed by atoms with Gasteiger partial charge in [-0.3, -0.25) is 20.4 Å². The van der Waals surface area contributed by atoms with Crippen molar-refractivity contribution in [1.82, 2.24) is 15.8 Å². The van der Waals surface area contributed by atoms with E-state index in [0.29, 0.717) is 40.9 Å².